The molecule has 2 aliphatic rings. The van der Waals surface area contributed by atoms with Gasteiger partial charge in [-0.25, -0.2) is 4.99 Å². The lowest BCUT2D eigenvalue weighted by Gasteiger charge is -2.25. The molecule has 0 saturated carbocycles. The zero-order chi connectivity index (χ0) is 14.5. The maximum absolute atomic E-state index is 5.59. The average molecular weight is 289 g/mol. The summed E-state index contributed by atoms with van der Waals surface area (Å²) in [7, 11) is 0. The van der Waals surface area contributed by atoms with E-state index in [0.717, 1.165) is 45.2 Å². The number of benzene rings is 1. The molecular formula is C16H23N3O2. The van der Waals surface area contributed by atoms with Crippen molar-refractivity contribution in [1.29, 1.82) is 0 Å². The van der Waals surface area contributed by atoms with Crippen LogP contribution in [0.1, 0.15) is 24.8 Å². The van der Waals surface area contributed by atoms with Gasteiger partial charge in [0.05, 0.1) is 19.8 Å². The Kier molecular flexibility index (Phi) is 4.85. The van der Waals surface area contributed by atoms with Gasteiger partial charge >= 0.3 is 0 Å². The highest BCUT2D eigenvalue weighted by Crippen LogP contribution is 2.26. The van der Waals surface area contributed by atoms with E-state index in [9.17, 15) is 0 Å². The Balaban J connectivity index is 1.63. The van der Waals surface area contributed by atoms with E-state index < -0.39 is 0 Å². The number of aliphatic imine (C=N–C) groups is 1. The van der Waals surface area contributed by atoms with E-state index in [1.165, 1.54) is 5.56 Å². The molecule has 1 fully saturated rings. The van der Waals surface area contributed by atoms with Crippen LogP contribution >= 0.6 is 0 Å². The molecule has 0 bridgehead atoms. The minimum absolute atomic E-state index is 0.00782. The molecule has 0 radical (unpaired) electrons. The molecule has 0 aromatic heterocycles. The van der Waals surface area contributed by atoms with Crippen molar-refractivity contribution >= 4 is 5.90 Å². The van der Waals surface area contributed by atoms with Gasteiger partial charge in [0.15, 0.2) is 0 Å². The molecule has 5 heteroatoms. The first-order chi connectivity index (χ1) is 10.4. The second-order valence-corrected chi connectivity index (χ2v) is 5.50. The summed E-state index contributed by atoms with van der Waals surface area (Å²) in [5.41, 5.74) is 4.39. The molecule has 1 saturated heterocycles. The lowest BCUT2D eigenvalue weighted by molar-refractivity contribution is 0.0415. The molecule has 2 aliphatic heterocycles. The van der Waals surface area contributed by atoms with Gasteiger partial charge in [-0.3, -0.25) is 4.90 Å². The third-order valence-electron chi connectivity index (χ3n) is 4.09. The van der Waals surface area contributed by atoms with Crippen molar-refractivity contribution in [2.24, 2.45) is 4.99 Å². The number of hydroxylamine groups is 1. The Bertz CT molecular complexity index is 472. The number of morpholine rings is 1. The van der Waals surface area contributed by atoms with Crippen molar-refractivity contribution in [3.05, 3.63) is 35.9 Å². The van der Waals surface area contributed by atoms with Crippen LogP contribution in [0.5, 0.6) is 0 Å². The number of rotatable bonds is 5. The molecule has 114 valence electrons. The molecular weight excluding hydrogens is 266 g/mol. The van der Waals surface area contributed by atoms with Gasteiger partial charge in [-0.15, -0.1) is 5.48 Å². The Morgan fingerprint density at radius 1 is 1.29 bits per heavy atom. The summed E-state index contributed by atoms with van der Waals surface area (Å²) in [5, 5.41) is 0. The Labute approximate surface area is 125 Å². The fourth-order valence-electron chi connectivity index (χ4n) is 2.87. The molecule has 1 aromatic carbocycles. The van der Waals surface area contributed by atoms with Crippen molar-refractivity contribution in [3.63, 3.8) is 0 Å². The molecule has 0 amide bonds. The summed E-state index contributed by atoms with van der Waals surface area (Å²) >= 11 is 0. The predicted molar refractivity (Wildman–Crippen MR) is 82.2 cm³/mol. The fraction of sp³-hybridized carbons (Fsp3) is 0.562. The van der Waals surface area contributed by atoms with Crippen LogP contribution in [-0.2, 0) is 9.57 Å². The van der Waals surface area contributed by atoms with Gasteiger partial charge in [0.2, 0.25) is 5.90 Å². The summed E-state index contributed by atoms with van der Waals surface area (Å²) in [6.45, 7) is 6.44. The van der Waals surface area contributed by atoms with Gasteiger partial charge in [0, 0.05) is 19.0 Å². The van der Waals surface area contributed by atoms with Crippen LogP contribution in [-0.4, -0.2) is 49.8 Å². The van der Waals surface area contributed by atoms with E-state index in [4.69, 9.17) is 14.6 Å². The molecule has 3 rings (SSSR count). The van der Waals surface area contributed by atoms with Gasteiger partial charge < -0.3 is 9.57 Å². The maximum Gasteiger partial charge on any atom is 0.225 e. The van der Waals surface area contributed by atoms with Crippen molar-refractivity contribution in [1.82, 2.24) is 10.4 Å². The van der Waals surface area contributed by atoms with E-state index >= 15 is 0 Å². The average Bonchev–Trinajstić information content (AvgIpc) is 2.98. The van der Waals surface area contributed by atoms with E-state index in [1.807, 2.05) is 6.07 Å². The predicted octanol–water partition coefficient (Wildman–Crippen LogP) is 1.77. The van der Waals surface area contributed by atoms with Gasteiger partial charge in [-0.2, -0.15) is 0 Å². The Morgan fingerprint density at radius 2 is 2.05 bits per heavy atom. The third-order valence-corrected chi connectivity index (χ3v) is 4.09. The van der Waals surface area contributed by atoms with Gasteiger partial charge in [-0.1, -0.05) is 37.3 Å². The van der Waals surface area contributed by atoms with Crippen LogP contribution in [0.25, 0.3) is 0 Å². The molecule has 2 atom stereocenters. The van der Waals surface area contributed by atoms with Crippen LogP contribution in [0, 0.1) is 0 Å². The van der Waals surface area contributed by atoms with Crippen molar-refractivity contribution < 1.29 is 9.57 Å². The molecule has 1 N–H and O–H groups in total. The maximum atomic E-state index is 5.59. The number of nitrogens with zero attached hydrogens (tertiary/aromatic N) is 2. The number of hydrogen-bond acceptors (Lipinski definition) is 5. The lowest BCUT2D eigenvalue weighted by Crippen LogP contribution is -2.40. The lowest BCUT2D eigenvalue weighted by atomic mass is 9.94. The highest BCUT2D eigenvalue weighted by Gasteiger charge is 2.28. The molecule has 0 spiro atoms. The third kappa shape index (κ3) is 3.61. The standard InChI is InChI=1S/C16H23N3O2/c1-2-14(13-6-4-3-5-7-13)16-17-15(21-18-16)12-19-8-10-20-11-9-19/h3-7,14,16,18H,2,8-12H2,1H3/t14-,16-/m0/s1. The summed E-state index contributed by atoms with van der Waals surface area (Å²) in [6, 6.07) is 10.5. The van der Waals surface area contributed by atoms with Crippen molar-refractivity contribution in [2.75, 3.05) is 32.8 Å². The SMILES string of the molecule is CC[C@@H](c1ccccc1)[C@H]1N=C(CN2CCOCC2)ON1. The van der Waals surface area contributed by atoms with E-state index in [1.54, 1.807) is 0 Å². The van der Waals surface area contributed by atoms with E-state index in [2.05, 4.69) is 41.6 Å². The van der Waals surface area contributed by atoms with Crippen LogP contribution < -0.4 is 5.48 Å². The quantitative estimate of drug-likeness (QED) is 0.897. The number of ether oxygens (including phenoxy) is 1. The van der Waals surface area contributed by atoms with E-state index in [0.29, 0.717) is 5.92 Å². The molecule has 5 nitrogen and oxygen atoms in total. The highest BCUT2D eigenvalue weighted by molar-refractivity contribution is 5.79. The molecule has 0 unspecified atom stereocenters. The summed E-state index contributed by atoms with van der Waals surface area (Å²) in [5.74, 6) is 1.13. The summed E-state index contributed by atoms with van der Waals surface area (Å²) < 4.78 is 5.36. The molecule has 0 aliphatic carbocycles. The normalized spacial score (nSPS) is 24.4. The topological polar surface area (TPSA) is 46.1 Å². The second kappa shape index (κ2) is 7.02. The zero-order valence-corrected chi connectivity index (χ0v) is 12.5. The van der Waals surface area contributed by atoms with Crippen LogP contribution in [0.4, 0.5) is 0 Å². The first-order valence-corrected chi connectivity index (χ1v) is 7.71. The van der Waals surface area contributed by atoms with Gasteiger partial charge in [0.25, 0.3) is 0 Å². The smallest absolute Gasteiger partial charge is 0.225 e. The van der Waals surface area contributed by atoms with Crippen molar-refractivity contribution in [2.45, 2.75) is 25.4 Å². The first-order valence-electron chi connectivity index (χ1n) is 7.71. The fourth-order valence-corrected chi connectivity index (χ4v) is 2.87. The summed E-state index contributed by atoms with van der Waals surface area (Å²) in [6.07, 6.45) is 1.03. The number of hydrogen-bond donors (Lipinski definition) is 1. The second-order valence-electron chi connectivity index (χ2n) is 5.50. The van der Waals surface area contributed by atoms with Crippen LogP contribution in [0.15, 0.2) is 35.3 Å². The minimum Gasteiger partial charge on any atom is -0.390 e. The molecule has 21 heavy (non-hydrogen) atoms. The van der Waals surface area contributed by atoms with Crippen LogP contribution in [0.3, 0.4) is 0 Å². The van der Waals surface area contributed by atoms with Crippen molar-refractivity contribution in [3.8, 4) is 0 Å². The number of nitrogens with one attached hydrogen (secondary N) is 1. The summed E-state index contributed by atoms with van der Waals surface area (Å²) in [4.78, 5) is 12.6. The first kappa shape index (κ1) is 14.5. The zero-order valence-electron chi connectivity index (χ0n) is 12.5. The Morgan fingerprint density at radius 3 is 2.76 bits per heavy atom. The minimum atomic E-state index is 0.00782. The van der Waals surface area contributed by atoms with Gasteiger partial charge in [-0.05, 0) is 12.0 Å². The monoisotopic (exact) mass is 289 g/mol. The van der Waals surface area contributed by atoms with Gasteiger partial charge in [0.1, 0.15) is 6.17 Å². The largest absolute Gasteiger partial charge is 0.390 e. The Hall–Kier alpha value is -1.43. The molecule has 1 aromatic rings. The van der Waals surface area contributed by atoms with Crippen LogP contribution in [0.2, 0.25) is 0 Å². The van der Waals surface area contributed by atoms with E-state index in [-0.39, 0.29) is 6.17 Å². The molecule has 2 heterocycles. The highest BCUT2D eigenvalue weighted by atomic mass is 16.7.